The molecule has 14 heteroatoms. The molecule has 7 N–H and O–H groups in total. The number of aliphatic hydroxyl groups excluding tert-OH is 5. The van der Waals surface area contributed by atoms with Crippen molar-refractivity contribution in [2.24, 2.45) is 0 Å². The van der Waals surface area contributed by atoms with Crippen LogP contribution in [-0.4, -0.2) is 107 Å². The second kappa shape index (κ2) is 39.2. The van der Waals surface area contributed by atoms with Gasteiger partial charge in [0.05, 0.1) is 25.4 Å². The van der Waals surface area contributed by atoms with Crippen LogP contribution in [-0.2, 0) is 28.9 Å². The zero-order valence-electron chi connectivity index (χ0n) is 39.3. The summed E-state index contributed by atoms with van der Waals surface area (Å²) in [6.45, 7) is 3.29. The lowest BCUT2D eigenvalue weighted by atomic mass is 9.99. The molecule has 0 bridgehead atoms. The third-order valence-electron chi connectivity index (χ3n) is 12.5. The topological polar surface area (TPSA) is 212 Å². The Kier molecular flexibility index (Phi) is 37.4. The summed E-state index contributed by atoms with van der Waals surface area (Å²) in [4.78, 5) is 13.1. The second-order valence-corrected chi connectivity index (χ2v) is 19.3. The summed E-state index contributed by atoms with van der Waals surface area (Å²) in [5.74, 6) is -0.665. The minimum atomic E-state index is -5.11. The lowest BCUT2D eigenvalue weighted by Gasteiger charge is -2.41. The summed E-state index contributed by atoms with van der Waals surface area (Å²) < 4.78 is 47.6. The van der Waals surface area contributed by atoms with Crippen LogP contribution in [0.2, 0.25) is 0 Å². The monoisotopic (exact) mass is 910 g/mol. The summed E-state index contributed by atoms with van der Waals surface area (Å²) in [6.07, 6.45) is 30.1. The maximum absolute atomic E-state index is 13.1. The second-order valence-electron chi connectivity index (χ2n) is 18.3. The highest BCUT2D eigenvalue weighted by Gasteiger charge is 2.48. The number of ether oxygens (including phenoxy) is 2. The van der Waals surface area contributed by atoms with Crippen LogP contribution in [0.25, 0.3) is 0 Å². The van der Waals surface area contributed by atoms with Gasteiger partial charge < -0.3 is 40.3 Å². The fraction of sp³-hybridized carbons (Fsp3) is 0.979. The molecule has 1 amide bonds. The van der Waals surface area contributed by atoms with Gasteiger partial charge in [0.25, 0.3) is 0 Å². The molecule has 1 saturated heterocycles. The molecule has 0 aliphatic carbocycles. The van der Waals surface area contributed by atoms with Crippen molar-refractivity contribution in [1.29, 1.82) is 0 Å². The van der Waals surface area contributed by atoms with Gasteiger partial charge in [-0.1, -0.05) is 226 Å². The molecule has 370 valence electrons. The van der Waals surface area contributed by atoms with Gasteiger partial charge in [0.2, 0.25) is 5.91 Å². The number of unbranched alkanes of at least 4 members (excludes halogenated alkanes) is 31. The number of hydrogen-bond acceptors (Lipinski definition) is 11. The third kappa shape index (κ3) is 31.1. The highest BCUT2D eigenvalue weighted by atomic mass is 32.3. The van der Waals surface area contributed by atoms with E-state index in [1.165, 1.54) is 161 Å². The van der Waals surface area contributed by atoms with Crippen molar-refractivity contribution in [3.63, 3.8) is 0 Å². The standard InChI is InChI=1S/C48H95NO12S/c1-3-5-7-9-11-13-15-17-18-19-20-21-22-23-24-25-27-29-31-33-35-37-42(52)47(55)49-40(41(51)36-34-32-30-28-26-16-14-12-10-8-6-4-2)39-59-48-45(54)46(61-62(56,57)58)44(53)43(38-50)60-48/h40-46,48,50-54H,3-39H2,1-2H3,(H,49,55)(H,56,57,58). The van der Waals surface area contributed by atoms with Crippen molar-refractivity contribution in [2.75, 3.05) is 13.2 Å². The Morgan fingerprint density at radius 2 is 0.935 bits per heavy atom. The minimum Gasteiger partial charge on any atom is -0.394 e. The van der Waals surface area contributed by atoms with Crippen LogP contribution in [0.4, 0.5) is 0 Å². The molecule has 1 rings (SSSR count). The fourth-order valence-electron chi connectivity index (χ4n) is 8.47. The molecule has 0 aromatic heterocycles. The first-order valence-electron chi connectivity index (χ1n) is 25.5. The number of nitrogens with one attached hydrogen (secondary N) is 1. The predicted molar refractivity (Wildman–Crippen MR) is 247 cm³/mol. The molecule has 8 unspecified atom stereocenters. The molecule has 0 aromatic carbocycles. The van der Waals surface area contributed by atoms with E-state index < -0.39 is 78.5 Å². The predicted octanol–water partition coefficient (Wildman–Crippen LogP) is 9.53. The molecule has 1 aliphatic rings. The number of aliphatic hydroxyl groups is 5. The minimum absolute atomic E-state index is 0.266. The van der Waals surface area contributed by atoms with Gasteiger partial charge in [-0.15, -0.1) is 0 Å². The molecule has 0 spiro atoms. The van der Waals surface area contributed by atoms with Gasteiger partial charge in [0.1, 0.15) is 30.5 Å². The zero-order valence-corrected chi connectivity index (χ0v) is 40.1. The van der Waals surface area contributed by atoms with E-state index in [4.69, 9.17) is 9.47 Å². The first kappa shape index (κ1) is 59.1. The molecule has 0 saturated carbocycles. The van der Waals surface area contributed by atoms with E-state index in [1.807, 2.05) is 0 Å². The van der Waals surface area contributed by atoms with E-state index in [2.05, 4.69) is 23.3 Å². The van der Waals surface area contributed by atoms with Crippen LogP contribution < -0.4 is 5.32 Å². The molecule has 0 aromatic rings. The van der Waals surface area contributed by atoms with Crippen molar-refractivity contribution < 1.29 is 57.0 Å². The van der Waals surface area contributed by atoms with Crippen LogP contribution in [0, 0.1) is 0 Å². The summed E-state index contributed by atoms with van der Waals surface area (Å²) in [6, 6.07) is -1.03. The van der Waals surface area contributed by atoms with Gasteiger partial charge in [-0.2, -0.15) is 8.42 Å². The van der Waals surface area contributed by atoms with E-state index in [1.54, 1.807) is 0 Å². The van der Waals surface area contributed by atoms with Gasteiger partial charge in [-0.05, 0) is 12.8 Å². The lowest BCUT2D eigenvalue weighted by molar-refractivity contribution is -0.298. The maximum atomic E-state index is 13.1. The van der Waals surface area contributed by atoms with Crippen molar-refractivity contribution in [3.05, 3.63) is 0 Å². The molecule has 1 aliphatic heterocycles. The van der Waals surface area contributed by atoms with E-state index in [0.29, 0.717) is 19.3 Å². The van der Waals surface area contributed by atoms with Crippen LogP contribution in [0.3, 0.4) is 0 Å². The quantitative estimate of drug-likeness (QED) is 0.0225. The molecule has 1 fully saturated rings. The number of rotatable bonds is 44. The fourth-order valence-corrected chi connectivity index (χ4v) is 8.98. The summed E-state index contributed by atoms with van der Waals surface area (Å²) in [5, 5.41) is 55.4. The Bertz CT molecular complexity index is 1130. The molecule has 0 radical (unpaired) electrons. The molecule has 8 atom stereocenters. The van der Waals surface area contributed by atoms with E-state index in [-0.39, 0.29) is 6.42 Å². The van der Waals surface area contributed by atoms with Crippen LogP contribution in [0.15, 0.2) is 0 Å². The van der Waals surface area contributed by atoms with Crippen molar-refractivity contribution >= 4 is 16.3 Å². The van der Waals surface area contributed by atoms with Gasteiger partial charge in [0, 0.05) is 0 Å². The lowest BCUT2D eigenvalue weighted by Crippen LogP contribution is -2.61. The van der Waals surface area contributed by atoms with E-state index >= 15 is 0 Å². The van der Waals surface area contributed by atoms with Gasteiger partial charge in [0.15, 0.2) is 6.29 Å². The van der Waals surface area contributed by atoms with Crippen LogP contribution >= 0.6 is 0 Å². The van der Waals surface area contributed by atoms with Crippen LogP contribution in [0.5, 0.6) is 0 Å². The Morgan fingerprint density at radius 3 is 1.29 bits per heavy atom. The molecule has 13 nitrogen and oxygen atoms in total. The summed E-state index contributed by atoms with van der Waals surface area (Å²) >= 11 is 0. The number of carbonyl (C=O) groups is 1. The third-order valence-corrected chi connectivity index (χ3v) is 13.0. The molecular formula is C48H95NO12S. The normalized spacial score (nSPS) is 20.9. The highest BCUT2D eigenvalue weighted by Crippen LogP contribution is 2.26. The van der Waals surface area contributed by atoms with Gasteiger partial charge >= 0.3 is 10.4 Å². The van der Waals surface area contributed by atoms with E-state index in [9.17, 15) is 43.3 Å². The first-order valence-corrected chi connectivity index (χ1v) is 26.9. The SMILES string of the molecule is CCCCCCCCCCCCCCCCCCCCCCCC(O)C(=O)NC(COC1OC(CO)C(O)C(OS(=O)(=O)O)C1O)C(O)CCCCCCCCCCCCCC. The summed E-state index contributed by atoms with van der Waals surface area (Å²) in [7, 11) is -5.11. The zero-order chi connectivity index (χ0) is 45.7. The highest BCUT2D eigenvalue weighted by molar-refractivity contribution is 7.80. The Labute approximate surface area is 378 Å². The van der Waals surface area contributed by atoms with Crippen molar-refractivity contribution in [1.82, 2.24) is 5.32 Å². The molecular weight excluding hydrogens is 815 g/mol. The largest absolute Gasteiger partial charge is 0.397 e. The first-order chi connectivity index (χ1) is 29.9. The van der Waals surface area contributed by atoms with Crippen molar-refractivity contribution in [2.45, 2.75) is 288 Å². The maximum Gasteiger partial charge on any atom is 0.397 e. The average Bonchev–Trinajstić information content (AvgIpc) is 3.24. The van der Waals surface area contributed by atoms with Gasteiger partial charge in [-0.25, -0.2) is 4.18 Å². The van der Waals surface area contributed by atoms with Crippen LogP contribution in [0.1, 0.15) is 239 Å². The van der Waals surface area contributed by atoms with Crippen molar-refractivity contribution in [3.8, 4) is 0 Å². The van der Waals surface area contributed by atoms with Gasteiger partial charge in [-0.3, -0.25) is 9.35 Å². The number of carbonyl (C=O) groups excluding carboxylic acids is 1. The molecule has 62 heavy (non-hydrogen) atoms. The average molecular weight is 910 g/mol. The summed E-state index contributed by atoms with van der Waals surface area (Å²) in [5.41, 5.74) is 0. The Hall–Kier alpha value is -0.940. The number of amides is 1. The molecule has 1 heterocycles. The Morgan fingerprint density at radius 1 is 0.581 bits per heavy atom. The number of hydrogen-bond donors (Lipinski definition) is 7. The Balaban J connectivity index is 2.43. The van der Waals surface area contributed by atoms with E-state index in [0.717, 1.165) is 38.5 Å². The smallest absolute Gasteiger partial charge is 0.394 e.